The van der Waals surface area contributed by atoms with Gasteiger partial charge < -0.3 is 116 Å². The van der Waals surface area contributed by atoms with Gasteiger partial charge in [0.2, 0.25) is 17.6 Å². The molecule has 0 spiro atoms. The van der Waals surface area contributed by atoms with Gasteiger partial charge in [0.1, 0.15) is 39.9 Å². The molecule has 12 heterocycles. The summed E-state index contributed by atoms with van der Waals surface area (Å²) in [6, 6.07) is 15.1. The molecule has 23 N–H and O–H groups in total. The summed E-state index contributed by atoms with van der Waals surface area (Å²) < 4.78 is 7.45. The van der Waals surface area contributed by atoms with Gasteiger partial charge in [-0.05, 0) is 117 Å². The molecule has 6 aromatic rings. The summed E-state index contributed by atoms with van der Waals surface area (Å²) in [6.07, 6.45) is 11.9. The molecular formula is C65H86Cl4N19NaO17S2. The minimum absolute atomic E-state index is 0. The van der Waals surface area contributed by atoms with Gasteiger partial charge in [0.25, 0.3) is 45.1 Å². The number of hydrogen-bond donors (Lipinski definition) is 19. The smallest absolute Gasteiger partial charge is 1.00 e. The average molecular weight is 1630 g/mol. The molecule has 36 nitrogen and oxygen atoms in total. The third-order valence-electron chi connectivity index (χ3n) is 13.5. The number of amides is 8. The Kier molecular flexibility index (Phi) is 47.5. The van der Waals surface area contributed by atoms with E-state index in [-0.39, 0.29) is 172 Å². The second-order valence-corrected chi connectivity index (χ2v) is 23.8. The maximum Gasteiger partial charge on any atom is 1.00 e. The molecule has 0 saturated carbocycles. The monoisotopic (exact) mass is 1630 g/mol. The number of ketones is 2. The molecule has 584 valence electrons. The minimum atomic E-state index is -1.87. The first-order valence-electron chi connectivity index (χ1n) is 30.8. The summed E-state index contributed by atoms with van der Waals surface area (Å²) in [7, 11) is 0. The third kappa shape index (κ3) is 32.6. The summed E-state index contributed by atoms with van der Waals surface area (Å²) >= 11 is 25.5. The number of nitrogens with one attached hydrogen (secondary N) is 16. The zero-order chi connectivity index (χ0) is 74.9. The van der Waals surface area contributed by atoms with E-state index in [1.165, 1.54) is 0 Å². The van der Waals surface area contributed by atoms with E-state index < -0.39 is 15.5 Å². The number of halogens is 4. The molecule has 108 heavy (non-hydrogen) atoms. The van der Waals surface area contributed by atoms with E-state index in [1.807, 2.05) is 0 Å². The van der Waals surface area contributed by atoms with Crippen LogP contribution in [0.15, 0.2) is 108 Å². The molecule has 0 aromatic carbocycles. The van der Waals surface area contributed by atoms with E-state index in [2.05, 4.69) is 111 Å². The van der Waals surface area contributed by atoms with Crippen LogP contribution in [0.1, 0.15) is 159 Å². The van der Waals surface area contributed by atoms with Crippen LogP contribution in [-0.2, 0) is 38.2 Å². The number of aliphatic imine (C=N–C) groups is 1. The maximum atomic E-state index is 11.8. The summed E-state index contributed by atoms with van der Waals surface area (Å²) in [5.74, 6) is -3.49. The number of guanidine groups is 1. The van der Waals surface area contributed by atoms with E-state index in [9.17, 15) is 62.3 Å². The topological polar surface area (TPSA) is 572 Å². The van der Waals surface area contributed by atoms with Crippen molar-refractivity contribution in [2.24, 2.45) is 10.7 Å². The molecule has 0 bridgehead atoms. The van der Waals surface area contributed by atoms with Gasteiger partial charge in [-0.15, -0.1) is 0 Å². The quantitative estimate of drug-likeness (QED) is 0.0136. The molecule has 8 amide bonds. The summed E-state index contributed by atoms with van der Waals surface area (Å²) in [4.78, 5) is 165. The second-order valence-electron chi connectivity index (χ2n) is 20.7. The fraction of sp³-hybridized carbons (Fsp3) is 0.323. The van der Waals surface area contributed by atoms with Crippen molar-refractivity contribution in [1.82, 2.24) is 83.1 Å². The van der Waals surface area contributed by atoms with E-state index in [1.54, 1.807) is 106 Å². The number of alkyl halides is 3. The van der Waals surface area contributed by atoms with Gasteiger partial charge in [0, 0.05) is 93.0 Å². The van der Waals surface area contributed by atoms with Crippen molar-refractivity contribution in [3.63, 3.8) is 0 Å². The number of nitrogens with two attached hydrogens (primary N) is 1. The molecule has 0 radical (unpaired) electrons. The number of Topliss-reactive ketones (excluding diaryl/α,β-unsaturated/α-hetero) is 2. The largest absolute Gasteiger partial charge is 1.00 e. The van der Waals surface area contributed by atoms with Crippen LogP contribution < -0.4 is 107 Å². The fourth-order valence-corrected chi connectivity index (χ4v) is 9.62. The van der Waals surface area contributed by atoms with Crippen LogP contribution in [0.3, 0.4) is 0 Å². The van der Waals surface area contributed by atoms with Crippen molar-refractivity contribution in [2.75, 3.05) is 59.0 Å². The van der Waals surface area contributed by atoms with Crippen molar-refractivity contribution in [1.29, 1.82) is 0 Å². The SMILES string of the molecule is C.C.C.CCOC(=O)CCNC(=O)c1ccc[nH]1.CCOC(=O)CC[NH3+].NC1=N/C(=C2\CCNC(=O)c3[nH]ccc32)C(=O)N1.O=C(O)CCNC(=O)c1ccc[nH]1.O=C(c1ccc[nH]1)C(Cl)(Cl)Cl.O=C1CCNC(=O)c2[nH]ccc21.O=C1CNC(=S)N1.O=C1NC(=S)N/C1=C1\CCNC(=O)c2[nH]ccc21.[Cl-].[Na+].[OH-]. The van der Waals surface area contributed by atoms with Gasteiger partial charge in [-0.3, -0.25) is 73.0 Å². The minimum Gasteiger partial charge on any atom is -1.00 e. The maximum absolute atomic E-state index is 11.8. The van der Waals surface area contributed by atoms with E-state index in [0.29, 0.717) is 133 Å². The zero-order valence-electron chi connectivity index (χ0n) is 56.3. The molecule has 6 aliphatic rings. The van der Waals surface area contributed by atoms with Gasteiger partial charge in [-0.1, -0.05) is 57.1 Å². The number of thiocarbonyl (C=S) groups is 2. The van der Waals surface area contributed by atoms with Crippen LogP contribution >= 0.6 is 59.2 Å². The number of carboxylic acid groups (broad SMARTS) is 1. The number of hydrogen-bond acceptors (Lipinski definition) is 20. The first-order chi connectivity index (χ1) is 48.7. The van der Waals surface area contributed by atoms with Crippen LogP contribution in [0.25, 0.3) is 11.1 Å². The molecule has 2 fully saturated rings. The average Bonchev–Trinajstić information content (AvgIpc) is 1.64. The third-order valence-corrected chi connectivity index (χ3v) is 14.4. The van der Waals surface area contributed by atoms with Crippen LogP contribution in [-0.4, -0.2) is 196 Å². The summed E-state index contributed by atoms with van der Waals surface area (Å²) in [5, 5.41) is 35.1. The van der Waals surface area contributed by atoms with Crippen molar-refractivity contribution in [3.05, 3.63) is 154 Å². The Balaban J connectivity index is 0. The van der Waals surface area contributed by atoms with Gasteiger partial charge in [-0.25, -0.2) is 4.99 Å². The van der Waals surface area contributed by atoms with E-state index in [4.69, 9.17) is 62.6 Å². The predicted octanol–water partition coefficient (Wildman–Crippen LogP) is -3.11. The number of aromatic nitrogens is 6. The van der Waals surface area contributed by atoms with Crippen molar-refractivity contribution in [3.8, 4) is 0 Å². The first kappa shape index (κ1) is 100. The van der Waals surface area contributed by atoms with Gasteiger partial charge >= 0.3 is 47.5 Å². The van der Waals surface area contributed by atoms with Crippen molar-refractivity contribution in [2.45, 2.75) is 78.4 Å². The van der Waals surface area contributed by atoms with Crippen molar-refractivity contribution >= 4 is 163 Å². The van der Waals surface area contributed by atoms with Crippen LogP contribution in [0.2, 0.25) is 0 Å². The second kappa shape index (κ2) is 51.3. The number of fused-ring (bicyclic) bond motifs is 3. The Morgan fingerprint density at radius 1 is 0.565 bits per heavy atom. The number of H-pyrrole nitrogens is 6. The normalized spacial score (nSPS) is 15.1. The summed E-state index contributed by atoms with van der Waals surface area (Å²) in [6.45, 7) is 7.14. The van der Waals surface area contributed by atoms with Gasteiger partial charge in [0.05, 0.1) is 51.3 Å². The Morgan fingerprint density at radius 3 is 1.40 bits per heavy atom. The number of carbonyl (C=O) groups excluding carboxylic acids is 12. The number of carboxylic acids is 1. The molecule has 0 aliphatic carbocycles. The number of aromatic amines is 6. The molecule has 43 heteroatoms. The standard InChI is InChI=1S/C11H11N5O2.C11H10N4O2S.C10H14N2O3.C8H10N2O3.C8H8N2O2.C6H4Cl3NO.C5H11NO2.C3H4N2OS.3CH4.ClH.Na.H2O/c12-11-15-8(10(18)16-11)6-2-4-14-9(17)7-5(6)1-3-13-7;16-9-7-5(1-3-12-7)6(2-4-13-9)8-10(17)15-11(18)14-8;1-2-15-9(13)5-7-12-10(14)8-4-3-6-11-8;11-7(12)3-5-10-8(13)6-2-1-4-9-6;11-6-2-4-10-8(12)7-5(6)1-3-9-7;7-6(8,9)5(11)4-2-1-3-10-4;1-2-8-5(7)3-4-6;6-2-1-4-3(7)5-2;;;;;;/h1,3,13H,2,4H2,(H,14,17)(H3,12,15,16,18);1,3,12H,2,4H2,(H,13,16)(H2,14,15,17,18);3-4,6,11H,2,5,7H2,1H3,(H,12,14);1-2,4,9H,3,5H2,(H,10,13)(H,11,12);1,3,9H,2,4H2,(H,10,12);1-3,10H;2-4,6H2,1H3;1H2,(H2,4,5,6,7);3*1H4;1H;;1H2/q;;;;;;;;;;;;+1;/p-1/b2*8-6+;;;;;;;;;;;;. The fourth-order valence-electron chi connectivity index (χ4n) is 8.94. The molecule has 6 aromatic heterocycles. The number of rotatable bonds is 13. The van der Waals surface area contributed by atoms with E-state index >= 15 is 0 Å². The number of esters is 2. The van der Waals surface area contributed by atoms with Crippen LogP contribution in [0.4, 0.5) is 0 Å². The molecule has 6 aliphatic heterocycles. The number of ether oxygens (including phenoxy) is 2. The predicted molar refractivity (Wildman–Crippen MR) is 400 cm³/mol. The van der Waals surface area contributed by atoms with E-state index in [0.717, 1.165) is 16.7 Å². The Bertz CT molecular complexity index is 4060. The number of aliphatic carboxylic acids is 1. The Morgan fingerprint density at radius 2 is 1.01 bits per heavy atom. The first-order valence-corrected chi connectivity index (χ1v) is 32.7. The van der Waals surface area contributed by atoms with Gasteiger partial charge in [0.15, 0.2) is 16.0 Å². The van der Waals surface area contributed by atoms with Gasteiger partial charge in [-0.2, -0.15) is 0 Å². The Labute approximate surface area is 673 Å². The number of carbonyl (C=O) groups is 13. The molecular weight excluding hydrogens is 1550 g/mol. The zero-order valence-corrected chi connectivity index (χ0v) is 63.0. The number of nitrogens with zero attached hydrogens (tertiary/aromatic N) is 1. The van der Waals surface area contributed by atoms with Crippen molar-refractivity contribution < 1.29 is 130 Å². The molecule has 2 saturated heterocycles. The summed E-state index contributed by atoms with van der Waals surface area (Å²) in [5.41, 5.74) is 15.7. The van der Waals surface area contributed by atoms with Crippen LogP contribution in [0.5, 0.6) is 0 Å². The number of quaternary nitrogens is 1. The molecule has 0 unspecified atom stereocenters. The van der Waals surface area contributed by atoms with Crippen LogP contribution in [0, 0.1) is 0 Å². The molecule has 0 atom stereocenters. The molecule has 12 rings (SSSR count). The Hall–Kier alpha value is -10.0.